The standard InChI is InChI=1S/C16H22N4/c1-4-20(11-15-7-5-6-12(2)19-15)16-9-8-14(10-18-16)13(3)17/h5-10,13H,4,11,17H2,1-3H3/t13-/m1/s1. The van der Waals surface area contributed by atoms with Crippen LogP contribution in [0.2, 0.25) is 0 Å². The van der Waals surface area contributed by atoms with E-state index in [-0.39, 0.29) is 6.04 Å². The molecule has 0 unspecified atom stereocenters. The zero-order chi connectivity index (χ0) is 14.5. The summed E-state index contributed by atoms with van der Waals surface area (Å²) >= 11 is 0. The molecule has 0 spiro atoms. The number of nitrogens with zero attached hydrogens (tertiary/aromatic N) is 3. The number of hydrogen-bond acceptors (Lipinski definition) is 4. The first kappa shape index (κ1) is 14.5. The molecular formula is C16H22N4. The van der Waals surface area contributed by atoms with Gasteiger partial charge in [0.15, 0.2) is 0 Å². The molecule has 0 amide bonds. The molecule has 0 aromatic carbocycles. The van der Waals surface area contributed by atoms with E-state index in [0.29, 0.717) is 0 Å². The SMILES string of the molecule is CCN(Cc1cccc(C)n1)c1ccc([C@@H](C)N)cn1. The van der Waals surface area contributed by atoms with Gasteiger partial charge in [0.05, 0.1) is 12.2 Å². The van der Waals surface area contributed by atoms with Gasteiger partial charge in [-0.3, -0.25) is 4.98 Å². The number of anilines is 1. The Kier molecular flexibility index (Phi) is 4.69. The van der Waals surface area contributed by atoms with Crippen LogP contribution in [0.3, 0.4) is 0 Å². The Labute approximate surface area is 120 Å². The molecule has 0 aliphatic rings. The van der Waals surface area contributed by atoms with E-state index in [2.05, 4.69) is 21.8 Å². The fraction of sp³-hybridized carbons (Fsp3) is 0.375. The van der Waals surface area contributed by atoms with E-state index in [9.17, 15) is 0 Å². The second kappa shape index (κ2) is 6.48. The van der Waals surface area contributed by atoms with E-state index in [1.807, 2.05) is 50.4 Å². The molecule has 1 atom stereocenters. The van der Waals surface area contributed by atoms with Gasteiger partial charge in [0.25, 0.3) is 0 Å². The minimum absolute atomic E-state index is 0.0186. The summed E-state index contributed by atoms with van der Waals surface area (Å²) in [5, 5.41) is 0. The van der Waals surface area contributed by atoms with Crippen LogP contribution >= 0.6 is 0 Å². The van der Waals surface area contributed by atoms with E-state index in [4.69, 9.17) is 5.73 Å². The van der Waals surface area contributed by atoms with Gasteiger partial charge in [-0.05, 0) is 44.5 Å². The highest BCUT2D eigenvalue weighted by Gasteiger charge is 2.08. The molecule has 4 heteroatoms. The summed E-state index contributed by atoms with van der Waals surface area (Å²) in [6.45, 7) is 7.75. The Morgan fingerprint density at radius 2 is 2.05 bits per heavy atom. The molecule has 2 N–H and O–H groups in total. The Hall–Kier alpha value is -1.94. The lowest BCUT2D eigenvalue weighted by molar-refractivity contribution is 0.779. The number of aryl methyl sites for hydroxylation is 1. The van der Waals surface area contributed by atoms with Crippen LogP contribution < -0.4 is 10.6 Å². The Morgan fingerprint density at radius 1 is 1.25 bits per heavy atom. The van der Waals surface area contributed by atoms with Crippen LogP contribution in [0.4, 0.5) is 5.82 Å². The molecule has 0 aliphatic carbocycles. The van der Waals surface area contributed by atoms with Crippen molar-refractivity contribution < 1.29 is 0 Å². The Bertz CT molecular complexity index is 549. The lowest BCUT2D eigenvalue weighted by Crippen LogP contribution is -2.23. The first-order valence-corrected chi connectivity index (χ1v) is 6.99. The summed E-state index contributed by atoms with van der Waals surface area (Å²) in [6.07, 6.45) is 1.85. The van der Waals surface area contributed by atoms with Gasteiger partial charge in [0.1, 0.15) is 5.82 Å². The van der Waals surface area contributed by atoms with E-state index in [0.717, 1.165) is 35.9 Å². The second-order valence-electron chi connectivity index (χ2n) is 5.02. The predicted octanol–water partition coefficient (Wildman–Crippen LogP) is 2.83. The zero-order valence-corrected chi connectivity index (χ0v) is 12.4. The molecular weight excluding hydrogens is 248 g/mol. The van der Waals surface area contributed by atoms with Crippen molar-refractivity contribution in [3.05, 3.63) is 53.5 Å². The van der Waals surface area contributed by atoms with Crippen LogP contribution in [0.1, 0.15) is 36.8 Å². The number of pyridine rings is 2. The van der Waals surface area contributed by atoms with E-state index in [1.165, 1.54) is 0 Å². The summed E-state index contributed by atoms with van der Waals surface area (Å²) in [5.41, 5.74) is 9.00. The number of aromatic nitrogens is 2. The molecule has 0 saturated carbocycles. The third kappa shape index (κ3) is 3.54. The van der Waals surface area contributed by atoms with Gasteiger partial charge in [0.2, 0.25) is 0 Å². The van der Waals surface area contributed by atoms with Gasteiger partial charge in [0, 0.05) is 24.5 Å². The average molecular weight is 270 g/mol. The molecule has 2 aromatic heterocycles. The first-order valence-electron chi connectivity index (χ1n) is 6.99. The highest BCUT2D eigenvalue weighted by atomic mass is 15.2. The largest absolute Gasteiger partial charge is 0.351 e. The Morgan fingerprint density at radius 3 is 2.60 bits per heavy atom. The molecule has 0 aliphatic heterocycles. The van der Waals surface area contributed by atoms with Crippen LogP contribution in [-0.4, -0.2) is 16.5 Å². The molecule has 2 rings (SSSR count). The average Bonchev–Trinajstić information content (AvgIpc) is 2.45. The third-order valence-corrected chi connectivity index (χ3v) is 3.30. The lowest BCUT2D eigenvalue weighted by atomic mass is 10.1. The van der Waals surface area contributed by atoms with Crippen molar-refractivity contribution in [1.82, 2.24) is 9.97 Å². The van der Waals surface area contributed by atoms with Crippen LogP contribution in [-0.2, 0) is 6.54 Å². The van der Waals surface area contributed by atoms with Crippen molar-refractivity contribution in [2.45, 2.75) is 33.4 Å². The fourth-order valence-corrected chi connectivity index (χ4v) is 2.09. The van der Waals surface area contributed by atoms with Gasteiger partial charge < -0.3 is 10.6 Å². The summed E-state index contributed by atoms with van der Waals surface area (Å²) in [5.74, 6) is 0.959. The van der Waals surface area contributed by atoms with E-state index in [1.54, 1.807) is 0 Å². The predicted molar refractivity (Wildman–Crippen MR) is 82.5 cm³/mol. The molecule has 0 bridgehead atoms. The fourth-order valence-electron chi connectivity index (χ4n) is 2.09. The van der Waals surface area contributed by atoms with Crippen LogP contribution in [0.15, 0.2) is 36.5 Å². The summed E-state index contributed by atoms with van der Waals surface area (Å²) in [4.78, 5) is 11.3. The molecule has 106 valence electrons. The normalized spacial score (nSPS) is 12.2. The van der Waals surface area contributed by atoms with Crippen molar-refractivity contribution >= 4 is 5.82 Å². The van der Waals surface area contributed by atoms with Gasteiger partial charge >= 0.3 is 0 Å². The van der Waals surface area contributed by atoms with E-state index >= 15 is 0 Å². The molecule has 4 nitrogen and oxygen atoms in total. The van der Waals surface area contributed by atoms with Crippen LogP contribution in [0.25, 0.3) is 0 Å². The molecule has 0 fully saturated rings. The number of hydrogen-bond donors (Lipinski definition) is 1. The smallest absolute Gasteiger partial charge is 0.128 e. The summed E-state index contributed by atoms with van der Waals surface area (Å²) in [6, 6.07) is 10.2. The van der Waals surface area contributed by atoms with Gasteiger partial charge in [-0.1, -0.05) is 12.1 Å². The maximum atomic E-state index is 5.85. The number of nitrogens with two attached hydrogens (primary N) is 1. The monoisotopic (exact) mass is 270 g/mol. The van der Waals surface area contributed by atoms with E-state index < -0.39 is 0 Å². The maximum Gasteiger partial charge on any atom is 0.128 e. The zero-order valence-electron chi connectivity index (χ0n) is 12.4. The van der Waals surface area contributed by atoms with Crippen molar-refractivity contribution in [2.75, 3.05) is 11.4 Å². The second-order valence-corrected chi connectivity index (χ2v) is 5.02. The topological polar surface area (TPSA) is 55.0 Å². The molecule has 20 heavy (non-hydrogen) atoms. The minimum atomic E-state index is 0.0186. The van der Waals surface area contributed by atoms with Crippen molar-refractivity contribution in [3.8, 4) is 0 Å². The maximum absolute atomic E-state index is 5.85. The van der Waals surface area contributed by atoms with Crippen molar-refractivity contribution in [3.63, 3.8) is 0 Å². The van der Waals surface area contributed by atoms with Gasteiger partial charge in [-0.15, -0.1) is 0 Å². The summed E-state index contributed by atoms with van der Waals surface area (Å²) in [7, 11) is 0. The van der Waals surface area contributed by atoms with Crippen LogP contribution in [0.5, 0.6) is 0 Å². The Balaban J connectivity index is 2.15. The quantitative estimate of drug-likeness (QED) is 0.907. The minimum Gasteiger partial charge on any atom is -0.351 e. The first-order chi connectivity index (χ1) is 9.60. The molecule has 0 radical (unpaired) electrons. The lowest BCUT2D eigenvalue weighted by Gasteiger charge is -2.22. The molecule has 2 heterocycles. The summed E-state index contributed by atoms with van der Waals surface area (Å²) < 4.78 is 0. The number of rotatable bonds is 5. The van der Waals surface area contributed by atoms with Crippen molar-refractivity contribution in [1.29, 1.82) is 0 Å². The third-order valence-electron chi connectivity index (χ3n) is 3.30. The van der Waals surface area contributed by atoms with Crippen molar-refractivity contribution in [2.24, 2.45) is 5.73 Å². The highest BCUT2D eigenvalue weighted by Crippen LogP contribution is 2.16. The molecule has 0 saturated heterocycles. The van der Waals surface area contributed by atoms with Gasteiger partial charge in [-0.2, -0.15) is 0 Å². The van der Waals surface area contributed by atoms with Gasteiger partial charge in [-0.25, -0.2) is 4.98 Å². The molecule has 2 aromatic rings. The van der Waals surface area contributed by atoms with Crippen LogP contribution in [0, 0.1) is 6.92 Å². The highest BCUT2D eigenvalue weighted by molar-refractivity contribution is 5.40.